The highest BCUT2D eigenvalue weighted by atomic mass is 16.6. The standard InChI is InChI=1S/C30H20N4O8/c35-26-22-21-14-15-30(16-4-2-1-3-5-16,24(22)28(37)31(26)17-6-10-19(11-7-17)33(39)40)25-23(21)27(36)32(29(25)38)18-8-12-20(13-9-18)34(41)42/h1-15,21-25H/t21?,22-,23-,24-,25+,30?/m1/s1. The summed E-state index contributed by atoms with van der Waals surface area (Å²) in [6, 6.07) is 19.0. The Labute approximate surface area is 237 Å². The molecular formula is C30H20N4O8. The minimum absolute atomic E-state index is 0.169. The first kappa shape index (κ1) is 25.4. The monoisotopic (exact) mass is 564 g/mol. The van der Waals surface area contributed by atoms with Crippen molar-refractivity contribution in [3.63, 3.8) is 0 Å². The number of amides is 4. The lowest BCUT2D eigenvalue weighted by Crippen LogP contribution is -2.60. The molecule has 208 valence electrons. The normalized spacial score (nSPS) is 29.2. The van der Waals surface area contributed by atoms with Crippen LogP contribution in [-0.4, -0.2) is 33.5 Å². The highest BCUT2D eigenvalue weighted by Crippen LogP contribution is 2.65. The van der Waals surface area contributed by atoms with E-state index in [9.17, 15) is 39.4 Å². The molecule has 0 radical (unpaired) electrons. The second-order valence-electron chi connectivity index (χ2n) is 10.8. The molecule has 0 aromatic heterocycles. The molecule has 1 saturated carbocycles. The Balaban J connectivity index is 1.37. The highest BCUT2D eigenvalue weighted by Gasteiger charge is 2.75. The first-order valence-corrected chi connectivity index (χ1v) is 13.2. The summed E-state index contributed by atoms with van der Waals surface area (Å²) in [5.74, 6) is -6.86. The number of carbonyl (C=O) groups is 4. The van der Waals surface area contributed by atoms with Gasteiger partial charge >= 0.3 is 0 Å². The van der Waals surface area contributed by atoms with E-state index in [0.29, 0.717) is 5.56 Å². The predicted molar refractivity (Wildman–Crippen MR) is 146 cm³/mol. The molecule has 2 bridgehead atoms. The number of carbonyl (C=O) groups excluding carboxylic acids is 4. The first-order chi connectivity index (χ1) is 20.2. The second kappa shape index (κ2) is 8.74. The quantitative estimate of drug-likeness (QED) is 0.197. The Morgan fingerprint density at radius 3 is 1.43 bits per heavy atom. The Kier molecular flexibility index (Phi) is 5.29. The van der Waals surface area contributed by atoms with E-state index in [4.69, 9.17) is 0 Å². The van der Waals surface area contributed by atoms with Crippen molar-refractivity contribution < 1.29 is 29.0 Å². The highest BCUT2D eigenvalue weighted by molar-refractivity contribution is 6.27. The zero-order valence-electron chi connectivity index (χ0n) is 21.6. The van der Waals surface area contributed by atoms with Gasteiger partial charge in [-0.25, -0.2) is 9.80 Å². The molecule has 3 aromatic rings. The summed E-state index contributed by atoms with van der Waals surface area (Å²) in [7, 11) is 0. The van der Waals surface area contributed by atoms with E-state index in [1.54, 1.807) is 42.5 Å². The van der Waals surface area contributed by atoms with E-state index in [1.807, 2.05) is 0 Å². The molecule has 3 fully saturated rings. The van der Waals surface area contributed by atoms with Gasteiger partial charge in [0.25, 0.3) is 11.4 Å². The number of benzene rings is 3. The van der Waals surface area contributed by atoms with Crippen molar-refractivity contribution >= 4 is 46.4 Å². The van der Waals surface area contributed by atoms with Gasteiger partial charge in [-0.2, -0.15) is 0 Å². The van der Waals surface area contributed by atoms with Crippen molar-refractivity contribution in [2.75, 3.05) is 9.80 Å². The van der Waals surface area contributed by atoms with Gasteiger partial charge in [-0.15, -0.1) is 0 Å². The molecule has 6 atom stereocenters. The van der Waals surface area contributed by atoms with Crippen molar-refractivity contribution in [2.45, 2.75) is 5.41 Å². The van der Waals surface area contributed by atoms with Gasteiger partial charge in [-0.3, -0.25) is 39.4 Å². The summed E-state index contributed by atoms with van der Waals surface area (Å²) in [5.41, 5.74) is -0.797. The van der Waals surface area contributed by atoms with E-state index in [-0.39, 0.29) is 22.7 Å². The number of nitro groups is 2. The van der Waals surface area contributed by atoms with Crippen LogP contribution >= 0.6 is 0 Å². The minimum atomic E-state index is -1.34. The molecule has 12 heteroatoms. The number of nitro benzene ring substituents is 2. The summed E-state index contributed by atoms with van der Waals surface area (Å²) in [4.78, 5) is 79.7. The molecular weight excluding hydrogens is 544 g/mol. The van der Waals surface area contributed by atoms with Crippen LogP contribution in [0.3, 0.4) is 0 Å². The average molecular weight is 565 g/mol. The van der Waals surface area contributed by atoms with E-state index >= 15 is 0 Å². The molecule has 2 saturated heterocycles. The molecule has 2 unspecified atom stereocenters. The van der Waals surface area contributed by atoms with Crippen molar-refractivity contribution in [2.24, 2.45) is 29.6 Å². The van der Waals surface area contributed by atoms with Crippen LogP contribution in [0.1, 0.15) is 5.56 Å². The molecule has 2 aliphatic heterocycles. The van der Waals surface area contributed by atoms with Crippen LogP contribution in [0.25, 0.3) is 0 Å². The topological polar surface area (TPSA) is 161 Å². The van der Waals surface area contributed by atoms with Gasteiger partial charge in [-0.05, 0) is 29.8 Å². The van der Waals surface area contributed by atoms with E-state index in [2.05, 4.69) is 0 Å². The molecule has 8 rings (SSSR count). The number of non-ortho nitro benzene ring substituents is 2. The fourth-order valence-electron chi connectivity index (χ4n) is 7.43. The SMILES string of the molecule is O=C1[C@@H]2C3C=CC(c4ccccc4)([C@@H]2C(=O)N1c1ccc([N+](=O)[O-])cc1)[C@H]1C(=O)N(c2ccc([N+](=O)[O-])cc2)C(=O)[C@H]31. The average Bonchev–Trinajstić information content (AvgIpc) is 3.44. The number of allylic oxidation sites excluding steroid dienone is 2. The van der Waals surface area contributed by atoms with Crippen LogP contribution in [-0.2, 0) is 24.6 Å². The van der Waals surface area contributed by atoms with E-state index < -0.39 is 68.5 Å². The number of hydrogen-bond donors (Lipinski definition) is 0. The van der Waals surface area contributed by atoms with Crippen LogP contribution in [0.15, 0.2) is 91.0 Å². The lowest BCUT2D eigenvalue weighted by Gasteiger charge is -2.53. The lowest BCUT2D eigenvalue weighted by molar-refractivity contribution is -0.385. The molecule has 4 amide bonds. The number of imide groups is 2. The zero-order chi connectivity index (χ0) is 29.5. The first-order valence-electron chi connectivity index (χ1n) is 13.2. The third-order valence-corrected chi connectivity index (χ3v) is 9.07. The van der Waals surface area contributed by atoms with Gasteiger partial charge in [0.2, 0.25) is 23.6 Å². The lowest BCUT2D eigenvalue weighted by atomic mass is 9.45. The predicted octanol–water partition coefficient (Wildman–Crippen LogP) is 3.55. The largest absolute Gasteiger partial charge is 0.274 e. The summed E-state index contributed by atoms with van der Waals surface area (Å²) in [6.07, 6.45) is 3.54. The molecule has 0 spiro atoms. The van der Waals surface area contributed by atoms with Crippen LogP contribution in [0, 0.1) is 49.8 Å². The van der Waals surface area contributed by atoms with Crippen molar-refractivity contribution in [1.82, 2.24) is 0 Å². The molecule has 0 N–H and O–H groups in total. The summed E-state index contributed by atoms with van der Waals surface area (Å²) < 4.78 is 0. The third kappa shape index (κ3) is 3.17. The molecule has 5 aliphatic rings. The van der Waals surface area contributed by atoms with Gasteiger partial charge < -0.3 is 0 Å². The van der Waals surface area contributed by atoms with Crippen LogP contribution in [0.2, 0.25) is 0 Å². The van der Waals surface area contributed by atoms with Crippen LogP contribution in [0.5, 0.6) is 0 Å². The number of anilines is 2. The molecule has 42 heavy (non-hydrogen) atoms. The maximum absolute atomic E-state index is 14.2. The zero-order valence-corrected chi connectivity index (χ0v) is 21.6. The fraction of sp³-hybridized carbons (Fsp3) is 0.200. The van der Waals surface area contributed by atoms with Gasteiger partial charge in [-0.1, -0.05) is 42.5 Å². The molecule has 2 heterocycles. The molecule has 3 aromatic carbocycles. The Bertz CT molecular complexity index is 1650. The molecule has 12 nitrogen and oxygen atoms in total. The maximum Gasteiger partial charge on any atom is 0.269 e. The van der Waals surface area contributed by atoms with Crippen molar-refractivity contribution in [3.8, 4) is 0 Å². The molecule has 3 aliphatic carbocycles. The van der Waals surface area contributed by atoms with Crippen molar-refractivity contribution in [3.05, 3.63) is 117 Å². The van der Waals surface area contributed by atoms with Crippen LogP contribution < -0.4 is 9.80 Å². The third-order valence-electron chi connectivity index (χ3n) is 9.07. The number of rotatable bonds is 5. The van der Waals surface area contributed by atoms with E-state index in [0.717, 1.165) is 9.80 Å². The van der Waals surface area contributed by atoms with Gasteiger partial charge in [0, 0.05) is 35.6 Å². The van der Waals surface area contributed by atoms with Gasteiger partial charge in [0.1, 0.15) is 0 Å². The summed E-state index contributed by atoms with van der Waals surface area (Å²) >= 11 is 0. The van der Waals surface area contributed by atoms with E-state index in [1.165, 1.54) is 48.5 Å². The number of hydrogen-bond acceptors (Lipinski definition) is 8. The maximum atomic E-state index is 14.2. The smallest absolute Gasteiger partial charge is 0.269 e. The van der Waals surface area contributed by atoms with Gasteiger partial charge in [0.15, 0.2) is 0 Å². The van der Waals surface area contributed by atoms with Crippen LogP contribution in [0.4, 0.5) is 22.7 Å². The van der Waals surface area contributed by atoms with Gasteiger partial charge in [0.05, 0.1) is 44.9 Å². The second-order valence-corrected chi connectivity index (χ2v) is 10.8. The fourth-order valence-corrected chi connectivity index (χ4v) is 7.43. The summed E-state index contributed by atoms with van der Waals surface area (Å²) in [6.45, 7) is 0. The Morgan fingerprint density at radius 2 is 1.02 bits per heavy atom. The van der Waals surface area contributed by atoms with Crippen molar-refractivity contribution in [1.29, 1.82) is 0 Å². The number of nitrogens with zero attached hydrogens (tertiary/aromatic N) is 4. The Morgan fingerprint density at radius 1 is 0.595 bits per heavy atom. The minimum Gasteiger partial charge on any atom is -0.274 e. The summed E-state index contributed by atoms with van der Waals surface area (Å²) in [5, 5.41) is 22.3. The Hall–Kier alpha value is -5.52.